The number of hydrazone groups is 1. The van der Waals surface area contributed by atoms with Gasteiger partial charge in [0.25, 0.3) is 5.91 Å². The van der Waals surface area contributed by atoms with Crippen LogP contribution < -0.4 is 14.9 Å². The maximum Gasteiger partial charge on any atom is 0.277 e. The van der Waals surface area contributed by atoms with Crippen LogP contribution in [0.25, 0.3) is 0 Å². The molecule has 0 bridgehead atoms. The molecule has 6 heteroatoms. The number of halogens is 1. The van der Waals surface area contributed by atoms with Crippen LogP contribution in [0.2, 0.25) is 5.02 Å². The fourth-order valence-electron chi connectivity index (χ4n) is 2.24. The Bertz CT molecular complexity index is 803. The van der Waals surface area contributed by atoms with Crippen molar-refractivity contribution in [1.82, 2.24) is 5.43 Å². The van der Waals surface area contributed by atoms with Gasteiger partial charge in [0.2, 0.25) is 0 Å². The minimum absolute atomic E-state index is 0.126. The van der Waals surface area contributed by atoms with E-state index in [0.29, 0.717) is 10.8 Å². The monoisotopic (exact) mass is 360 g/mol. The van der Waals surface area contributed by atoms with Gasteiger partial charge in [-0.05, 0) is 73.4 Å². The van der Waals surface area contributed by atoms with Gasteiger partial charge in [-0.1, -0.05) is 11.6 Å². The largest absolute Gasteiger partial charge is 0.496 e. The maximum atomic E-state index is 11.8. The van der Waals surface area contributed by atoms with E-state index in [2.05, 4.69) is 10.5 Å². The minimum atomic E-state index is -0.341. The molecule has 0 saturated carbocycles. The molecule has 1 amide bonds. The molecule has 0 unspecified atom stereocenters. The van der Waals surface area contributed by atoms with Crippen LogP contribution in [0, 0.1) is 20.8 Å². The Kier molecular flexibility index (Phi) is 6.42. The van der Waals surface area contributed by atoms with E-state index < -0.39 is 0 Å². The highest BCUT2D eigenvalue weighted by Crippen LogP contribution is 2.23. The highest BCUT2D eigenvalue weighted by molar-refractivity contribution is 6.31. The van der Waals surface area contributed by atoms with Crippen molar-refractivity contribution in [3.05, 3.63) is 57.6 Å². The van der Waals surface area contributed by atoms with Crippen LogP contribution in [-0.2, 0) is 4.79 Å². The van der Waals surface area contributed by atoms with Gasteiger partial charge >= 0.3 is 0 Å². The number of nitrogens with one attached hydrogen (secondary N) is 1. The van der Waals surface area contributed by atoms with Gasteiger partial charge in [-0.3, -0.25) is 4.79 Å². The molecular weight excluding hydrogens is 340 g/mol. The van der Waals surface area contributed by atoms with Gasteiger partial charge in [-0.15, -0.1) is 0 Å². The molecule has 0 atom stereocenters. The van der Waals surface area contributed by atoms with Crippen LogP contribution in [0.5, 0.6) is 11.5 Å². The second-order valence-electron chi connectivity index (χ2n) is 5.60. The number of methoxy groups -OCH3 is 1. The molecule has 2 aromatic rings. The SMILES string of the molecule is COc1ccc(/C=N/NC(=O)COc2ccc(Cl)c(C)c2)c(C)c1C. The van der Waals surface area contributed by atoms with Crippen LogP contribution in [0.15, 0.2) is 35.4 Å². The summed E-state index contributed by atoms with van der Waals surface area (Å²) in [5, 5.41) is 4.64. The summed E-state index contributed by atoms with van der Waals surface area (Å²) in [7, 11) is 1.64. The lowest BCUT2D eigenvalue weighted by atomic mass is 10.0. The smallest absolute Gasteiger partial charge is 0.277 e. The molecule has 2 rings (SSSR count). The predicted molar refractivity (Wildman–Crippen MR) is 99.9 cm³/mol. The van der Waals surface area contributed by atoms with Gasteiger partial charge in [0, 0.05) is 5.02 Å². The second kappa shape index (κ2) is 8.53. The molecule has 0 aliphatic carbocycles. The molecule has 132 valence electrons. The molecule has 2 aromatic carbocycles. The molecule has 0 saturated heterocycles. The van der Waals surface area contributed by atoms with E-state index in [-0.39, 0.29) is 12.5 Å². The van der Waals surface area contributed by atoms with Crippen molar-refractivity contribution in [3.8, 4) is 11.5 Å². The van der Waals surface area contributed by atoms with E-state index >= 15 is 0 Å². The number of nitrogens with zero attached hydrogens (tertiary/aromatic N) is 1. The molecule has 0 aliphatic rings. The summed E-state index contributed by atoms with van der Waals surface area (Å²) in [6, 6.07) is 9.00. The van der Waals surface area contributed by atoms with Crippen LogP contribution in [-0.4, -0.2) is 25.8 Å². The van der Waals surface area contributed by atoms with Gasteiger partial charge < -0.3 is 9.47 Å². The zero-order valence-electron chi connectivity index (χ0n) is 14.7. The molecule has 0 radical (unpaired) electrons. The van der Waals surface area contributed by atoms with E-state index in [1.807, 2.05) is 32.9 Å². The van der Waals surface area contributed by atoms with Crippen molar-refractivity contribution in [2.75, 3.05) is 13.7 Å². The summed E-state index contributed by atoms with van der Waals surface area (Å²) in [6.07, 6.45) is 1.60. The average molecular weight is 361 g/mol. The summed E-state index contributed by atoms with van der Waals surface area (Å²) < 4.78 is 10.7. The molecule has 0 heterocycles. The lowest BCUT2D eigenvalue weighted by Gasteiger charge is -2.09. The lowest BCUT2D eigenvalue weighted by Crippen LogP contribution is -2.24. The second-order valence-corrected chi connectivity index (χ2v) is 6.01. The standard InChI is InChI=1S/C19H21ClN2O3/c1-12-9-16(6-7-17(12)20)25-11-19(23)22-21-10-15-5-8-18(24-4)14(3)13(15)2/h5-10H,11H2,1-4H3,(H,22,23)/b21-10+. The number of aryl methyl sites for hydroxylation is 1. The van der Waals surface area contributed by atoms with Crippen molar-refractivity contribution in [3.63, 3.8) is 0 Å². The highest BCUT2D eigenvalue weighted by atomic mass is 35.5. The molecule has 0 aromatic heterocycles. The maximum absolute atomic E-state index is 11.8. The quantitative estimate of drug-likeness (QED) is 0.629. The van der Waals surface area contributed by atoms with Crippen molar-refractivity contribution in [1.29, 1.82) is 0 Å². The average Bonchev–Trinajstić information content (AvgIpc) is 2.60. The molecule has 25 heavy (non-hydrogen) atoms. The summed E-state index contributed by atoms with van der Waals surface area (Å²) in [5.74, 6) is 1.07. The molecular formula is C19H21ClN2O3. The normalized spacial score (nSPS) is 10.8. The Morgan fingerprint density at radius 1 is 1.20 bits per heavy atom. The van der Waals surface area contributed by atoms with Gasteiger partial charge in [-0.25, -0.2) is 5.43 Å². The Hall–Kier alpha value is -2.53. The molecule has 0 fully saturated rings. The first-order valence-electron chi connectivity index (χ1n) is 7.77. The molecule has 0 spiro atoms. The van der Waals surface area contributed by atoms with Crippen LogP contribution in [0.4, 0.5) is 0 Å². The third-order valence-electron chi connectivity index (χ3n) is 3.89. The van der Waals surface area contributed by atoms with Crippen LogP contribution in [0.3, 0.4) is 0 Å². The zero-order valence-corrected chi connectivity index (χ0v) is 15.5. The van der Waals surface area contributed by atoms with Gasteiger partial charge in [-0.2, -0.15) is 5.10 Å². The molecule has 0 aliphatic heterocycles. The number of rotatable bonds is 6. The number of amides is 1. The Morgan fingerprint density at radius 3 is 2.64 bits per heavy atom. The summed E-state index contributed by atoms with van der Waals surface area (Å²) in [4.78, 5) is 11.8. The first-order chi connectivity index (χ1) is 11.9. The fourth-order valence-corrected chi connectivity index (χ4v) is 2.36. The first-order valence-corrected chi connectivity index (χ1v) is 8.15. The Labute approximate surface area is 152 Å². The molecule has 1 N–H and O–H groups in total. The third-order valence-corrected chi connectivity index (χ3v) is 4.32. The number of carbonyl (C=O) groups is 1. The van der Waals surface area contributed by atoms with E-state index in [0.717, 1.165) is 28.0 Å². The van der Waals surface area contributed by atoms with Crippen LogP contribution in [0.1, 0.15) is 22.3 Å². The Balaban J connectivity index is 1.90. The highest BCUT2D eigenvalue weighted by Gasteiger charge is 2.06. The van der Waals surface area contributed by atoms with Gasteiger partial charge in [0.05, 0.1) is 13.3 Å². The number of benzene rings is 2. The summed E-state index contributed by atoms with van der Waals surface area (Å²) >= 11 is 5.95. The van der Waals surface area contributed by atoms with E-state index in [9.17, 15) is 4.79 Å². The van der Waals surface area contributed by atoms with Crippen molar-refractivity contribution < 1.29 is 14.3 Å². The van der Waals surface area contributed by atoms with Crippen molar-refractivity contribution in [2.45, 2.75) is 20.8 Å². The minimum Gasteiger partial charge on any atom is -0.496 e. The predicted octanol–water partition coefficient (Wildman–Crippen LogP) is 3.80. The third kappa shape index (κ3) is 4.97. The number of hydrogen-bond donors (Lipinski definition) is 1. The number of hydrogen-bond acceptors (Lipinski definition) is 4. The lowest BCUT2D eigenvalue weighted by molar-refractivity contribution is -0.123. The van der Waals surface area contributed by atoms with E-state index in [4.69, 9.17) is 21.1 Å². The van der Waals surface area contributed by atoms with Gasteiger partial charge in [0.1, 0.15) is 11.5 Å². The van der Waals surface area contributed by atoms with E-state index in [1.165, 1.54) is 0 Å². The van der Waals surface area contributed by atoms with Gasteiger partial charge in [0.15, 0.2) is 6.61 Å². The zero-order chi connectivity index (χ0) is 18.4. The first kappa shape index (κ1) is 18.8. The fraction of sp³-hybridized carbons (Fsp3) is 0.263. The Morgan fingerprint density at radius 2 is 1.96 bits per heavy atom. The summed E-state index contributed by atoms with van der Waals surface area (Å²) in [5.41, 5.74) is 6.34. The van der Waals surface area contributed by atoms with Crippen molar-refractivity contribution >= 4 is 23.7 Å². The number of carbonyl (C=O) groups excluding carboxylic acids is 1. The number of ether oxygens (including phenoxy) is 2. The van der Waals surface area contributed by atoms with Crippen molar-refractivity contribution in [2.24, 2.45) is 5.10 Å². The van der Waals surface area contributed by atoms with Crippen LogP contribution >= 0.6 is 11.6 Å². The van der Waals surface area contributed by atoms with E-state index in [1.54, 1.807) is 31.5 Å². The molecule has 5 nitrogen and oxygen atoms in total. The topological polar surface area (TPSA) is 59.9 Å². The summed E-state index contributed by atoms with van der Waals surface area (Å²) in [6.45, 7) is 5.71.